The van der Waals surface area contributed by atoms with Crippen LogP contribution in [0.4, 0.5) is 0 Å². The van der Waals surface area contributed by atoms with Crippen molar-refractivity contribution < 1.29 is 4.79 Å². The Kier molecular flexibility index (Phi) is 5.67. The van der Waals surface area contributed by atoms with Crippen molar-refractivity contribution in [3.63, 3.8) is 0 Å². The summed E-state index contributed by atoms with van der Waals surface area (Å²) in [6, 6.07) is 4.95. The first-order valence-corrected chi connectivity index (χ1v) is 8.41. The van der Waals surface area contributed by atoms with Crippen LogP contribution in [0.2, 0.25) is 10.0 Å². The summed E-state index contributed by atoms with van der Waals surface area (Å²) >= 11 is 13.1. The van der Waals surface area contributed by atoms with E-state index >= 15 is 0 Å². The number of carbonyl (C=O) groups is 1. The van der Waals surface area contributed by atoms with Gasteiger partial charge in [-0.2, -0.15) is 0 Å². The van der Waals surface area contributed by atoms with Gasteiger partial charge in [0.2, 0.25) is 5.91 Å². The summed E-state index contributed by atoms with van der Waals surface area (Å²) in [7, 11) is 0. The second-order valence-corrected chi connectivity index (χ2v) is 6.66. The smallest absolute Gasteiger partial charge is 0.307 e. The number of benzene rings is 1. The minimum atomic E-state index is -0.224. The largest absolute Gasteiger partial charge is 0.349 e. The predicted octanol–water partition coefficient (Wildman–Crippen LogP) is 3.79. The van der Waals surface area contributed by atoms with E-state index in [4.69, 9.17) is 23.2 Å². The molecule has 1 amide bonds. The predicted molar refractivity (Wildman–Crippen MR) is 91.0 cm³/mol. The standard InChI is InChI=1S/C15H16Cl2N2O2S/c1-9-8-22-15(21)19(9)6-5-14(20)18-10(2)12-4-3-11(16)7-13(12)17/h3-4,7-8,10H,5-6H2,1-2H3,(H,18,20). The first kappa shape index (κ1) is 17.1. The lowest BCUT2D eigenvalue weighted by Gasteiger charge is -2.16. The number of rotatable bonds is 5. The minimum absolute atomic E-state index is 0.0425. The molecular formula is C15H16Cl2N2O2S. The maximum absolute atomic E-state index is 12.0. The van der Waals surface area contributed by atoms with E-state index in [9.17, 15) is 9.59 Å². The van der Waals surface area contributed by atoms with Gasteiger partial charge in [0.15, 0.2) is 0 Å². The minimum Gasteiger partial charge on any atom is -0.349 e. The summed E-state index contributed by atoms with van der Waals surface area (Å²) in [6.45, 7) is 4.09. The van der Waals surface area contributed by atoms with Crippen LogP contribution in [-0.4, -0.2) is 10.5 Å². The molecular weight excluding hydrogens is 343 g/mol. The molecule has 0 bridgehead atoms. The third kappa shape index (κ3) is 4.12. The lowest BCUT2D eigenvalue weighted by Crippen LogP contribution is -2.28. The van der Waals surface area contributed by atoms with Gasteiger partial charge in [0.1, 0.15) is 0 Å². The Labute approximate surface area is 142 Å². The van der Waals surface area contributed by atoms with Crippen molar-refractivity contribution in [2.75, 3.05) is 0 Å². The van der Waals surface area contributed by atoms with Crippen LogP contribution in [0, 0.1) is 6.92 Å². The van der Waals surface area contributed by atoms with Gasteiger partial charge in [0.25, 0.3) is 0 Å². The summed E-state index contributed by atoms with van der Waals surface area (Å²) in [6.07, 6.45) is 0.243. The van der Waals surface area contributed by atoms with E-state index in [2.05, 4.69) is 5.32 Å². The van der Waals surface area contributed by atoms with Crippen LogP contribution in [0.1, 0.15) is 30.6 Å². The Bertz CT molecular complexity index is 739. The summed E-state index contributed by atoms with van der Waals surface area (Å²) in [5, 5.41) is 5.74. The van der Waals surface area contributed by atoms with Crippen LogP contribution in [0.15, 0.2) is 28.4 Å². The van der Waals surface area contributed by atoms with Crippen molar-refractivity contribution in [2.24, 2.45) is 0 Å². The summed E-state index contributed by atoms with van der Waals surface area (Å²) < 4.78 is 1.60. The number of aryl methyl sites for hydroxylation is 1. The first-order valence-electron chi connectivity index (χ1n) is 6.77. The molecule has 1 heterocycles. The number of amides is 1. The van der Waals surface area contributed by atoms with Crippen LogP contribution in [0.3, 0.4) is 0 Å². The second kappa shape index (κ2) is 7.31. The van der Waals surface area contributed by atoms with Gasteiger partial charge in [-0.05, 0) is 31.5 Å². The zero-order valence-electron chi connectivity index (χ0n) is 12.2. The van der Waals surface area contributed by atoms with Crippen molar-refractivity contribution in [3.8, 4) is 0 Å². The highest BCUT2D eigenvalue weighted by atomic mass is 35.5. The lowest BCUT2D eigenvalue weighted by molar-refractivity contribution is -0.121. The Morgan fingerprint density at radius 1 is 1.41 bits per heavy atom. The highest BCUT2D eigenvalue weighted by Crippen LogP contribution is 2.26. The molecule has 0 spiro atoms. The third-order valence-corrected chi connectivity index (χ3v) is 4.79. The Hall–Kier alpha value is -1.30. The number of halogens is 2. The fourth-order valence-corrected chi connectivity index (χ4v) is 3.47. The molecule has 0 aliphatic carbocycles. The van der Waals surface area contributed by atoms with E-state index < -0.39 is 0 Å². The number of hydrogen-bond acceptors (Lipinski definition) is 3. The maximum Gasteiger partial charge on any atom is 0.307 e. The van der Waals surface area contributed by atoms with Crippen LogP contribution >= 0.6 is 34.5 Å². The van der Waals surface area contributed by atoms with Crippen LogP contribution in [0.5, 0.6) is 0 Å². The number of hydrogen-bond donors (Lipinski definition) is 1. The number of thiazole rings is 1. The average Bonchev–Trinajstić information content (AvgIpc) is 2.75. The van der Waals surface area contributed by atoms with E-state index in [1.165, 1.54) is 0 Å². The molecule has 0 aliphatic rings. The van der Waals surface area contributed by atoms with Gasteiger partial charge in [-0.25, -0.2) is 0 Å². The molecule has 4 nitrogen and oxygen atoms in total. The molecule has 1 unspecified atom stereocenters. The van der Waals surface area contributed by atoms with Crippen molar-refractivity contribution in [2.45, 2.75) is 32.9 Å². The zero-order valence-corrected chi connectivity index (χ0v) is 14.6. The average molecular weight is 359 g/mol. The van der Waals surface area contributed by atoms with Crippen molar-refractivity contribution in [1.29, 1.82) is 0 Å². The summed E-state index contributed by atoms with van der Waals surface area (Å²) in [5.41, 5.74) is 1.68. The Morgan fingerprint density at radius 2 is 2.14 bits per heavy atom. The molecule has 1 aromatic heterocycles. The molecule has 22 heavy (non-hydrogen) atoms. The first-order chi connectivity index (χ1) is 10.4. The maximum atomic E-state index is 12.0. The Balaban J connectivity index is 1.95. The fraction of sp³-hybridized carbons (Fsp3) is 0.333. The van der Waals surface area contributed by atoms with Gasteiger partial charge in [0.05, 0.1) is 6.04 Å². The number of carbonyl (C=O) groups excluding carboxylic acids is 1. The van der Waals surface area contributed by atoms with E-state index in [0.29, 0.717) is 16.6 Å². The quantitative estimate of drug-likeness (QED) is 0.883. The van der Waals surface area contributed by atoms with Gasteiger partial charge >= 0.3 is 4.87 Å². The van der Waals surface area contributed by atoms with E-state index in [1.807, 2.05) is 13.8 Å². The molecule has 0 radical (unpaired) electrons. The van der Waals surface area contributed by atoms with Crippen LogP contribution in [0.25, 0.3) is 0 Å². The molecule has 2 aromatic rings. The van der Waals surface area contributed by atoms with Gasteiger partial charge < -0.3 is 9.88 Å². The molecule has 0 saturated carbocycles. The molecule has 2 rings (SSSR count). The Morgan fingerprint density at radius 3 is 2.73 bits per heavy atom. The number of nitrogens with zero attached hydrogens (tertiary/aromatic N) is 1. The molecule has 1 aromatic carbocycles. The fourth-order valence-electron chi connectivity index (χ4n) is 2.13. The monoisotopic (exact) mass is 358 g/mol. The SMILES string of the molecule is Cc1csc(=O)n1CCC(=O)NC(C)c1ccc(Cl)cc1Cl. The normalized spacial score (nSPS) is 12.2. The molecule has 0 saturated heterocycles. The molecule has 0 aliphatic heterocycles. The van der Waals surface area contributed by atoms with Gasteiger partial charge in [0, 0.05) is 34.1 Å². The van der Waals surface area contributed by atoms with Gasteiger partial charge in [-0.3, -0.25) is 9.59 Å². The van der Waals surface area contributed by atoms with Crippen molar-refractivity contribution in [1.82, 2.24) is 9.88 Å². The molecule has 0 fully saturated rings. The molecule has 1 N–H and O–H groups in total. The van der Waals surface area contributed by atoms with E-state index in [-0.39, 0.29) is 23.2 Å². The molecule has 1 atom stereocenters. The lowest BCUT2D eigenvalue weighted by atomic mass is 10.1. The van der Waals surface area contributed by atoms with Gasteiger partial charge in [-0.15, -0.1) is 0 Å². The topological polar surface area (TPSA) is 51.1 Å². The van der Waals surface area contributed by atoms with Crippen molar-refractivity contribution >= 4 is 40.4 Å². The second-order valence-electron chi connectivity index (χ2n) is 5.00. The highest BCUT2D eigenvalue weighted by molar-refractivity contribution is 7.07. The summed E-state index contributed by atoms with van der Waals surface area (Å²) in [5.74, 6) is -0.129. The molecule has 118 valence electrons. The van der Waals surface area contributed by atoms with Crippen LogP contribution < -0.4 is 10.2 Å². The number of nitrogens with one attached hydrogen (secondary N) is 1. The highest BCUT2D eigenvalue weighted by Gasteiger charge is 2.13. The van der Waals surface area contributed by atoms with E-state index in [1.54, 1.807) is 28.1 Å². The van der Waals surface area contributed by atoms with Crippen molar-refractivity contribution in [3.05, 3.63) is 54.5 Å². The third-order valence-electron chi connectivity index (χ3n) is 3.35. The zero-order chi connectivity index (χ0) is 16.3. The molecule has 7 heteroatoms. The van der Waals surface area contributed by atoms with Gasteiger partial charge in [-0.1, -0.05) is 40.6 Å². The van der Waals surface area contributed by atoms with Crippen LogP contribution in [-0.2, 0) is 11.3 Å². The number of aromatic nitrogens is 1. The summed E-state index contributed by atoms with van der Waals surface area (Å²) in [4.78, 5) is 23.6. The van der Waals surface area contributed by atoms with E-state index in [0.717, 1.165) is 22.6 Å².